The number of carbonyl (C=O) groups excluding carboxylic acids is 2. The van der Waals surface area contributed by atoms with Crippen LogP contribution in [0, 0.1) is 6.92 Å². The highest BCUT2D eigenvalue weighted by molar-refractivity contribution is 7.91. The van der Waals surface area contributed by atoms with Crippen molar-refractivity contribution in [3.63, 3.8) is 0 Å². The quantitative estimate of drug-likeness (QED) is 0.199. The van der Waals surface area contributed by atoms with Crippen molar-refractivity contribution in [2.45, 2.75) is 63.4 Å². The predicted octanol–water partition coefficient (Wildman–Crippen LogP) is 6.21. The zero-order valence-electron chi connectivity index (χ0n) is 25.6. The van der Waals surface area contributed by atoms with Crippen molar-refractivity contribution < 1.29 is 27.5 Å². The molecule has 0 bridgehead atoms. The summed E-state index contributed by atoms with van der Waals surface area (Å²) in [5.41, 5.74) is 4.68. The predicted molar refractivity (Wildman–Crippen MR) is 169 cm³/mol. The van der Waals surface area contributed by atoms with Crippen molar-refractivity contribution in [3.8, 4) is 11.5 Å². The molecule has 1 aliphatic rings. The molecule has 0 radical (unpaired) electrons. The van der Waals surface area contributed by atoms with E-state index >= 15 is 0 Å². The van der Waals surface area contributed by atoms with Gasteiger partial charge in [0.05, 0.1) is 28.9 Å². The molecule has 0 amide bonds. The van der Waals surface area contributed by atoms with E-state index in [2.05, 4.69) is 0 Å². The number of carbonyl (C=O) groups is 2. The number of aromatic nitrogens is 1. The molecule has 5 rings (SSSR count). The Hall–Kier alpha value is -4.30. The minimum Gasteiger partial charge on any atom is -0.497 e. The molecule has 1 heterocycles. The monoisotopic (exact) mass is 611 g/mol. The first-order valence-corrected chi connectivity index (χ1v) is 16.4. The first-order valence-electron chi connectivity index (χ1n) is 14.8. The zero-order valence-corrected chi connectivity index (χ0v) is 26.4. The smallest absolute Gasteiger partial charge is 0.178 e. The summed E-state index contributed by atoms with van der Waals surface area (Å²) in [6.45, 7) is 5.93. The van der Waals surface area contributed by atoms with Gasteiger partial charge in [-0.3, -0.25) is 14.6 Å². The molecular formula is C36H37NO6S. The van der Waals surface area contributed by atoms with E-state index in [1.807, 2.05) is 56.3 Å². The third-order valence-corrected chi connectivity index (χ3v) is 10.2. The number of pyridine rings is 1. The standard InChI is InChI=1S/C36H37NO6S/c1-5-44(40,41)30-16-11-25(12-17-30)21-28(38)22-27-13-18-31-33(37-27)19-20-36(3,35(31)39)32-8-6-7-24(2)34(32)43-23-26-9-14-29(42-4)15-10-26/h6-18H,5,19-23H2,1-4H3. The fourth-order valence-corrected chi connectivity index (χ4v) is 6.59. The maximum atomic E-state index is 14.0. The first kappa shape index (κ1) is 31.1. The second-order valence-electron chi connectivity index (χ2n) is 11.5. The van der Waals surface area contributed by atoms with Crippen molar-refractivity contribution in [2.75, 3.05) is 12.9 Å². The largest absolute Gasteiger partial charge is 0.497 e. The van der Waals surface area contributed by atoms with Gasteiger partial charge in [-0.15, -0.1) is 0 Å². The van der Waals surface area contributed by atoms with Crippen molar-refractivity contribution in [3.05, 3.63) is 118 Å². The average Bonchev–Trinajstić information content (AvgIpc) is 3.02. The zero-order chi connectivity index (χ0) is 31.5. The van der Waals surface area contributed by atoms with Gasteiger partial charge in [-0.25, -0.2) is 8.42 Å². The van der Waals surface area contributed by atoms with Crippen LogP contribution in [0.3, 0.4) is 0 Å². The second kappa shape index (κ2) is 12.7. The maximum absolute atomic E-state index is 14.0. The first-order chi connectivity index (χ1) is 21.0. The van der Waals surface area contributed by atoms with Gasteiger partial charge in [0.25, 0.3) is 0 Å². The lowest BCUT2D eigenvalue weighted by molar-refractivity contribution is -0.117. The van der Waals surface area contributed by atoms with E-state index in [-0.39, 0.29) is 35.1 Å². The van der Waals surface area contributed by atoms with E-state index in [9.17, 15) is 18.0 Å². The van der Waals surface area contributed by atoms with Gasteiger partial charge in [-0.1, -0.05) is 49.4 Å². The second-order valence-corrected chi connectivity index (χ2v) is 13.8. The lowest BCUT2D eigenvalue weighted by atomic mass is 9.68. The molecule has 1 aromatic heterocycles. The maximum Gasteiger partial charge on any atom is 0.178 e. The Kier molecular flexibility index (Phi) is 9.02. The number of hydrogen-bond acceptors (Lipinski definition) is 7. The Morgan fingerprint density at radius 3 is 2.32 bits per heavy atom. The molecule has 0 aliphatic heterocycles. The number of fused-ring (bicyclic) bond motifs is 1. The van der Waals surface area contributed by atoms with E-state index in [0.29, 0.717) is 36.4 Å². The number of ketones is 2. The summed E-state index contributed by atoms with van der Waals surface area (Å²) in [6, 6.07) is 23.7. The Morgan fingerprint density at radius 1 is 0.932 bits per heavy atom. The van der Waals surface area contributed by atoms with Crippen molar-refractivity contribution in [1.82, 2.24) is 4.98 Å². The van der Waals surface area contributed by atoms with Crippen LogP contribution in [0.1, 0.15) is 64.3 Å². The van der Waals surface area contributed by atoms with Gasteiger partial charge in [0, 0.05) is 29.7 Å². The van der Waals surface area contributed by atoms with Gasteiger partial charge in [-0.2, -0.15) is 0 Å². The summed E-state index contributed by atoms with van der Waals surface area (Å²) in [5.74, 6) is 1.49. The number of rotatable bonds is 11. The molecule has 7 nitrogen and oxygen atoms in total. The van der Waals surface area contributed by atoms with E-state index in [1.54, 1.807) is 50.4 Å². The number of nitrogens with zero attached hydrogens (tertiary/aromatic N) is 1. The van der Waals surface area contributed by atoms with E-state index in [1.165, 1.54) is 0 Å². The molecule has 0 fully saturated rings. The van der Waals surface area contributed by atoms with E-state index < -0.39 is 15.3 Å². The van der Waals surface area contributed by atoms with Gasteiger partial charge in [0.15, 0.2) is 15.6 Å². The Balaban J connectivity index is 1.30. The van der Waals surface area contributed by atoms with Crippen LogP contribution >= 0.6 is 0 Å². The summed E-state index contributed by atoms with van der Waals surface area (Å²) in [6.07, 6.45) is 1.47. The number of Topliss-reactive ketones (excluding diaryl/α,β-unsaturated/α-hetero) is 2. The summed E-state index contributed by atoms with van der Waals surface area (Å²) in [4.78, 5) is 31.9. The molecule has 1 aliphatic carbocycles. The van der Waals surface area contributed by atoms with Crippen LogP contribution in [0.4, 0.5) is 0 Å². The number of para-hydroxylation sites is 1. The third kappa shape index (κ3) is 6.45. The van der Waals surface area contributed by atoms with Crippen LogP contribution in [0.25, 0.3) is 0 Å². The SMILES string of the molecule is CCS(=O)(=O)c1ccc(CC(=O)Cc2ccc3c(n2)CCC(C)(c2cccc(C)c2OCc2ccc(OC)cc2)C3=O)cc1. The average molecular weight is 612 g/mol. The van der Waals surface area contributed by atoms with Gasteiger partial charge >= 0.3 is 0 Å². The summed E-state index contributed by atoms with van der Waals surface area (Å²) in [5, 5.41) is 0. The molecule has 0 N–H and O–H groups in total. The normalized spacial score (nSPS) is 16.3. The van der Waals surface area contributed by atoms with Gasteiger partial charge in [0.2, 0.25) is 0 Å². The highest BCUT2D eigenvalue weighted by Gasteiger charge is 2.42. The summed E-state index contributed by atoms with van der Waals surface area (Å²) >= 11 is 0. The fraction of sp³-hybridized carbons (Fsp3) is 0.306. The molecule has 44 heavy (non-hydrogen) atoms. The van der Waals surface area contributed by atoms with Crippen molar-refractivity contribution >= 4 is 21.4 Å². The Morgan fingerprint density at radius 2 is 1.64 bits per heavy atom. The molecule has 0 saturated heterocycles. The minimum absolute atomic E-state index is 0.00820. The fourth-order valence-electron chi connectivity index (χ4n) is 5.71. The molecule has 0 saturated carbocycles. The molecular weight excluding hydrogens is 574 g/mol. The number of methoxy groups -OCH3 is 1. The minimum atomic E-state index is -3.29. The number of ether oxygens (including phenoxy) is 2. The van der Waals surface area contributed by atoms with Crippen LogP contribution in [0.2, 0.25) is 0 Å². The highest BCUT2D eigenvalue weighted by Crippen LogP contribution is 2.43. The molecule has 228 valence electrons. The van der Waals surface area contributed by atoms with Crippen LogP contribution < -0.4 is 9.47 Å². The van der Waals surface area contributed by atoms with E-state index in [0.717, 1.165) is 33.8 Å². The Labute approximate surface area is 259 Å². The highest BCUT2D eigenvalue weighted by atomic mass is 32.2. The van der Waals surface area contributed by atoms with Crippen LogP contribution in [0.5, 0.6) is 11.5 Å². The van der Waals surface area contributed by atoms with Crippen molar-refractivity contribution in [1.29, 1.82) is 0 Å². The van der Waals surface area contributed by atoms with Crippen LogP contribution in [0.15, 0.2) is 83.8 Å². The summed E-state index contributed by atoms with van der Waals surface area (Å²) < 4.78 is 35.7. The number of benzene rings is 3. The Bertz CT molecular complexity index is 1800. The van der Waals surface area contributed by atoms with Crippen molar-refractivity contribution in [2.24, 2.45) is 0 Å². The lowest BCUT2D eigenvalue weighted by Gasteiger charge is -2.35. The molecule has 0 spiro atoms. The number of hydrogen-bond donors (Lipinski definition) is 0. The molecule has 4 aromatic rings. The van der Waals surface area contributed by atoms with Gasteiger partial charge in [0.1, 0.15) is 23.9 Å². The van der Waals surface area contributed by atoms with Crippen LogP contribution in [-0.4, -0.2) is 37.8 Å². The number of sulfone groups is 1. The third-order valence-electron chi connectivity index (χ3n) is 8.43. The van der Waals surface area contributed by atoms with E-state index in [4.69, 9.17) is 14.5 Å². The molecule has 8 heteroatoms. The lowest BCUT2D eigenvalue weighted by Crippen LogP contribution is -2.38. The molecule has 1 unspecified atom stereocenters. The van der Waals surface area contributed by atoms with Gasteiger partial charge in [-0.05, 0) is 79.8 Å². The van der Waals surface area contributed by atoms with Gasteiger partial charge < -0.3 is 9.47 Å². The van der Waals surface area contributed by atoms with Crippen LogP contribution in [-0.2, 0) is 45.9 Å². The summed E-state index contributed by atoms with van der Waals surface area (Å²) in [7, 11) is -1.65. The molecule has 3 aromatic carbocycles. The topological polar surface area (TPSA) is 99.6 Å². The molecule has 1 atom stereocenters. The number of aryl methyl sites for hydroxylation is 2.